The van der Waals surface area contributed by atoms with Gasteiger partial charge in [-0.15, -0.1) is 0 Å². The van der Waals surface area contributed by atoms with E-state index in [-0.39, 0.29) is 0 Å². The van der Waals surface area contributed by atoms with Crippen molar-refractivity contribution in [1.82, 2.24) is 5.32 Å². The Hall–Kier alpha value is -1.35. The van der Waals surface area contributed by atoms with Gasteiger partial charge in [0.2, 0.25) is 6.29 Å². The molecule has 0 aliphatic carbocycles. The molecule has 57 valence electrons. The van der Waals surface area contributed by atoms with Crippen LogP contribution in [0.5, 0.6) is 0 Å². The molecule has 0 saturated carbocycles. The van der Waals surface area contributed by atoms with E-state index in [1.54, 1.807) is 30.6 Å². The monoisotopic (exact) mass is 150 g/mol. The van der Waals surface area contributed by atoms with Gasteiger partial charge in [0.15, 0.2) is 0 Å². The van der Waals surface area contributed by atoms with Crippen LogP contribution in [0, 0.1) is 0 Å². The largest absolute Gasteiger partial charge is 0.380 e. The van der Waals surface area contributed by atoms with E-state index >= 15 is 0 Å². The first-order valence-electron chi connectivity index (χ1n) is 3.19. The predicted octanol–water partition coefficient (Wildman–Crippen LogP) is 0.0140. The molecule has 0 spiro atoms. The fraction of sp³-hybridized carbons (Fsp3) is 0.125. The van der Waals surface area contributed by atoms with Crippen LogP contribution in [0.25, 0.3) is 0 Å². The Morgan fingerprint density at radius 2 is 2.36 bits per heavy atom. The molecule has 0 bridgehead atoms. The lowest BCUT2D eigenvalue weighted by Crippen LogP contribution is -2.11. The third-order valence-corrected chi connectivity index (χ3v) is 1.27. The first-order chi connectivity index (χ1) is 5.34. The number of aliphatic hydroxyl groups is 1. The molecule has 1 rings (SSSR count). The van der Waals surface area contributed by atoms with Gasteiger partial charge in [-0.1, -0.05) is 12.2 Å². The van der Waals surface area contributed by atoms with E-state index in [0.717, 1.165) is 0 Å². The number of hydrogen-bond donors (Lipinski definition) is 2. The molecule has 1 heterocycles. The summed E-state index contributed by atoms with van der Waals surface area (Å²) in [7, 11) is 0. The Kier molecular flexibility index (Phi) is 2.63. The lowest BCUT2D eigenvalue weighted by molar-refractivity contribution is 0.272. The lowest BCUT2D eigenvalue weighted by atomic mass is 10.1. The first-order valence-corrected chi connectivity index (χ1v) is 3.19. The minimum absolute atomic E-state index is 0.505. The maximum atomic E-state index is 10.0. The van der Waals surface area contributed by atoms with Crippen LogP contribution in [0.1, 0.15) is 0 Å². The van der Waals surface area contributed by atoms with Crippen molar-refractivity contribution in [3.05, 3.63) is 36.2 Å². The maximum Gasteiger partial charge on any atom is 0.234 e. The molecule has 1 unspecified atom stereocenters. The van der Waals surface area contributed by atoms with E-state index in [9.17, 15) is 4.79 Å². The van der Waals surface area contributed by atoms with Crippen LogP contribution < -0.4 is 5.32 Å². The Morgan fingerprint density at radius 3 is 3.09 bits per heavy atom. The number of carbonyl (C=O) groups excluding carboxylic acids is 1. The first kappa shape index (κ1) is 7.75. The van der Waals surface area contributed by atoms with Crippen LogP contribution in [0.15, 0.2) is 36.2 Å². The Balaban J connectivity index is 2.71. The molecule has 0 amide bonds. The van der Waals surface area contributed by atoms with E-state index in [4.69, 9.17) is 5.11 Å². The highest BCUT2D eigenvalue weighted by Crippen LogP contribution is 2.03. The molecule has 0 aromatic carbocycles. The Bertz CT molecular complexity index is 228. The molecule has 3 nitrogen and oxygen atoms in total. The minimum atomic E-state index is -1.15. The molecular weight excluding hydrogens is 142 g/mol. The van der Waals surface area contributed by atoms with Crippen LogP contribution in [0.2, 0.25) is 0 Å². The molecule has 0 aromatic heterocycles. The number of aliphatic hydroxyl groups excluding tert-OH is 1. The number of nitrogens with one attached hydrogen (secondary N) is 1. The van der Waals surface area contributed by atoms with E-state index < -0.39 is 6.10 Å². The van der Waals surface area contributed by atoms with Crippen molar-refractivity contribution in [1.29, 1.82) is 0 Å². The zero-order valence-corrected chi connectivity index (χ0v) is 5.82. The average molecular weight is 150 g/mol. The number of rotatable bonds is 2. The summed E-state index contributed by atoms with van der Waals surface area (Å²) in [5, 5.41) is 11.8. The van der Waals surface area contributed by atoms with Gasteiger partial charge >= 0.3 is 0 Å². The third-order valence-electron chi connectivity index (χ3n) is 1.27. The van der Waals surface area contributed by atoms with E-state index in [1.807, 2.05) is 0 Å². The van der Waals surface area contributed by atoms with Gasteiger partial charge in [-0.25, -0.2) is 0 Å². The summed E-state index contributed by atoms with van der Waals surface area (Å²) in [5.41, 5.74) is 0.505. The fourth-order valence-corrected chi connectivity index (χ4v) is 0.708. The normalized spacial score (nSPS) is 18.1. The highest BCUT2D eigenvalue weighted by molar-refractivity contribution is 5.64. The zero-order chi connectivity index (χ0) is 8.10. The summed E-state index contributed by atoms with van der Waals surface area (Å²) in [6.45, 7) is 0. The molecule has 1 aliphatic rings. The van der Waals surface area contributed by atoms with Crippen molar-refractivity contribution in [2.75, 3.05) is 0 Å². The summed E-state index contributed by atoms with van der Waals surface area (Å²) < 4.78 is 0. The molecule has 1 aliphatic heterocycles. The lowest BCUT2D eigenvalue weighted by Gasteiger charge is -2.00. The van der Waals surface area contributed by atoms with Crippen LogP contribution in [0.3, 0.4) is 0 Å². The Labute approximate surface area is 64.7 Å². The van der Waals surface area contributed by atoms with Crippen LogP contribution in [0.4, 0.5) is 0 Å². The summed E-state index contributed by atoms with van der Waals surface area (Å²) in [4.78, 5) is 10.0. The van der Waals surface area contributed by atoms with Gasteiger partial charge in [0.1, 0.15) is 6.10 Å². The second-order valence-corrected chi connectivity index (χ2v) is 2.05. The van der Waals surface area contributed by atoms with Crippen molar-refractivity contribution in [2.24, 2.45) is 0 Å². The smallest absolute Gasteiger partial charge is 0.234 e. The highest BCUT2D eigenvalue weighted by Gasteiger charge is 2.06. The highest BCUT2D eigenvalue weighted by atomic mass is 16.3. The summed E-state index contributed by atoms with van der Waals surface area (Å²) in [5.74, 6) is 0. The SMILES string of the molecule is O=[C]C(O)C1=CNC=CC=C1. The maximum absolute atomic E-state index is 10.0. The van der Waals surface area contributed by atoms with E-state index in [0.29, 0.717) is 5.57 Å². The molecule has 3 heteroatoms. The molecular formula is C8H8NO2. The topological polar surface area (TPSA) is 49.3 Å². The summed E-state index contributed by atoms with van der Waals surface area (Å²) in [6, 6.07) is 0. The zero-order valence-electron chi connectivity index (χ0n) is 5.82. The third kappa shape index (κ3) is 2.05. The minimum Gasteiger partial charge on any atom is -0.380 e. The molecule has 11 heavy (non-hydrogen) atoms. The van der Waals surface area contributed by atoms with Crippen molar-refractivity contribution >= 4 is 6.29 Å². The standard InChI is InChI=1S/C8H8NO2/c10-6-8(11)7-3-1-2-4-9-5-7/h1-5,8-9,11H. The molecule has 2 N–H and O–H groups in total. The summed E-state index contributed by atoms with van der Waals surface area (Å²) >= 11 is 0. The molecule has 0 aromatic rings. The van der Waals surface area contributed by atoms with Crippen LogP contribution >= 0.6 is 0 Å². The second kappa shape index (κ2) is 3.73. The second-order valence-electron chi connectivity index (χ2n) is 2.05. The van der Waals surface area contributed by atoms with Crippen molar-refractivity contribution in [3.63, 3.8) is 0 Å². The van der Waals surface area contributed by atoms with Gasteiger partial charge in [0, 0.05) is 18.0 Å². The molecule has 0 saturated heterocycles. The fourth-order valence-electron chi connectivity index (χ4n) is 0.708. The number of hydrogen-bond acceptors (Lipinski definition) is 3. The van der Waals surface area contributed by atoms with Gasteiger partial charge < -0.3 is 10.4 Å². The predicted molar refractivity (Wildman–Crippen MR) is 41.2 cm³/mol. The Morgan fingerprint density at radius 1 is 1.55 bits per heavy atom. The van der Waals surface area contributed by atoms with E-state index in [1.165, 1.54) is 6.29 Å². The molecule has 1 radical (unpaired) electrons. The van der Waals surface area contributed by atoms with Gasteiger partial charge in [-0.2, -0.15) is 0 Å². The van der Waals surface area contributed by atoms with Gasteiger partial charge in [0.05, 0.1) is 0 Å². The van der Waals surface area contributed by atoms with Crippen molar-refractivity contribution in [2.45, 2.75) is 6.10 Å². The number of allylic oxidation sites excluding steroid dienone is 2. The van der Waals surface area contributed by atoms with Crippen LogP contribution in [-0.2, 0) is 4.79 Å². The van der Waals surface area contributed by atoms with Gasteiger partial charge in [-0.05, 0) is 6.08 Å². The average Bonchev–Trinajstić information content (AvgIpc) is 2.30. The molecule has 0 fully saturated rings. The van der Waals surface area contributed by atoms with Crippen molar-refractivity contribution < 1.29 is 9.90 Å². The molecule has 1 atom stereocenters. The summed E-state index contributed by atoms with van der Waals surface area (Å²) in [6.07, 6.45) is 8.71. The van der Waals surface area contributed by atoms with Gasteiger partial charge in [0.25, 0.3) is 0 Å². The van der Waals surface area contributed by atoms with Crippen molar-refractivity contribution in [3.8, 4) is 0 Å². The van der Waals surface area contributed by atoms with E-state index in [2.05, 4.69) is 5.32 Å². The van der Waals surface area contributed by atoms with Gasteiger partial charge in [-0.3, -0.25) is 4.79 Å². The quantitative estimate of drug-likeness (QED) is 0.583. The van der Waals surface area contributed by atoms with Crippen LogP contribution in [-0.4, -0.2) is 17.5 Å².